The second-order valence-electron chi connectivity index (χ2n) is 6.62. The summed E-state index contributed by atoms with van der Waals surface area (Å²) in [7, 11) is 0. The van der Waals surface area contributed by atoms with Crippen LogP contribution in [0.2, 0.25) is 5.02 Å². The van der Waals surface area contributed by atoms with Crippen molar-refractivity contribution in [2.24, 2.45) is 5.92 Å². The number of aliphatic hydroxyl groups excluding tert-OH is 1. The molecule has 0 saturated carbocycles. The molecule has 2 N–H and O–H groups in total. The van der Waals surface area contributed by atoms with E-state index in [2.05, 4.69) is 0 Å². The highest BCUT2D eigenvalue weighted by molar-refractivity contribution is 6.30. The third-order valence-electron chi connectivity index (χ3n) is 4.36. The van der Waals surface area contributed by atoms with Crippen LogP contribution in [0.15, 0.2) is 60.2 Å². The van der Waals surface area contributed by atoms with Crippen LogP contribution in [0.25, 0.3) is 0 Å². The molecule has 0 amide bonds. The number of Topliss-reactive ketones (excluding diaryl/α,β-unsaturated/α-hetero) is 1. The zero-order valence-corrected chi connectivity index (χ0v) is 16.3. The third kappa shape index (κ3) is 7.71. The van der Waals surface area contributed by atoms with E-state index in [9.17, 15) is 14.7 Å². The minimum atomic E-state index is -0.803. The second-order valence-corrected chi connectivity index (χ2v) is 7.05. The average molecular weight is 405 g/mol. The molecule has 2 rings (SSSR count). The molecule has 150 valence electrons. The lowest BCUT2D eigenvalue weighted by molar-refractivity contribution is -0.137. The molecule has 6 heteroatoms. The number of aliphatic hydroxyl groups is 1. The summed E-state index contributed by atoms with van der Waals surface area (Å²) in [5.74, 6) is -0.277. The third-order valence-corrected chi connectivity index (χ3v) is 4.59. The van der Waals surface area contributed by atoms with E-state index in [1.54, 1.807) is 36.4 Å². The van der Waals surface area contributed by atoms with Gasteiger partial charge < -0.3 is 14.9 Å². The van der Waals surface area contributed by atoms with Gasteiger partial charge in [0, 0.05) is 23.8 Å². The van der Waals surface area contributed by atoms with Gasteiger partial charge in [-0.25, -0.2) is 0 Å². The largest absolute Gasteiger partial charge is 0.491 e. The smallest absolute Gasteiger partial charge is 0.303 e. The number of carboxylic acids is 1. The van der Waals surface area contributed by atoms with Crippen LogP contribution in [0.4, 0.5) is 0 Å². The first-order valence-corrected chi connectivity index (χ1v) is 9.67. The van der Waals surface area contributed by atoms with Gasteiger partial charge in [-0.15, -0.1) is 0 Å². The molecule has 0 heterocycles. The lowest BCUT2D eigenvalue weighted by atomic mass is 9.95. The fourth-order valence-corrected chi connectivity index (χ4v) is 3.06. The normalized spacial score (nSPS) is 18.0. The maximum atomic E-state index is 12.1. The van der Waals surface area contributed by atoms with Gasteiger partial charge in [0.1, 0.15) is 24.2 Å². The van der Waals surface area contributed by atoms with Gasteiger partial charge in [0.2, 0.25) is 0 Å². The molecule has 0 aliphatic heterocycles. The molecular weight excluding hydrogens is 380 g/mol. The molecule has 0 spiro atoms. The Hall–Kier alpha value is -2.37. The van der Waals surface area contributed by atoms with Crippen LogP contribution in [0.1, 0.15) is 32.1 Å². The Morgan fingerprint density at radius 2 is 2.18 bits per heavy atom. The number of halogens is 1. The summed E-state index contributed by atoms with van der Waals surface area (Å²) in [5, 5.41) is 19.3. The highest BCUT2D eigenvalue weighted by atomic mass is 35.5. The van der Waals surface area contributed by atoms with Crippen LogP contribution in [0.5, 0.6) is 5.75 Å². The van der Waals surface area contributed by atoms with Gasteiger partial charge in [0.25, 0.3) is 0 Å². The number of ketones is 1. The fourth-order valence-electron chi connectivity index (χ4n) is 2.88. The van der Waals surface area contributed by atoms with Crippen LogP contribution < -0.4 is 4.74 Å². The summed E-state index contributed by atoms with van der Waals surface area (Å²) in [5.41, 5.74) is 0.891. The van der Waals surface area contributed by atoms with Crippen molar-refractivity contribution in [3.05, 3.63) is 65.2 Å². The van der Waals surface area contributed by atoms with Gasteiger partial charge in [0.15, 0.2) is 0 Å². The monoisotopic (exact) mass is 404 g/mol. The number of hydrogen-bond acceptors (Lipinski definition) is 4. The molecule has 0 fully saturated rings. The van der Waals surface area contributed by atoms with Crippen molar-refractivity contribution >= 4 is 23.4 Å². The average Bonchev–Trinajstić information content (AvgIpc) is 3.01. The van der Waals surface area contributed by atoms with Gasteiger partial charge in [0.05, 0.1) is 0 Å². The number of ether oxygens (including phenoxy) is 1. The van der Waals surface area contributed by atoms with E-state index in [1.165, 1.54) is 0 Å². The first kappa shape index (κ1) is 21.9. The number of carbonyl (C=O) groups excluding carboxylic acids is 1. The molecule has 5 nitrogen and oxygen atoms in total. The molecule has 0 saturated heterocycles. The number of benzene rings is 1. The molecule has 1 aromatic rings. The maximum Gasteiger partial charge on any atom is 0.303 e. The van der Waals surface area contributed by atoms with Crippen molar-refractivity contribution in [3.8, 4) is 5.75 Å². The van der Waals surface area contributed by atoms with E-state index in [0.29, 0.717) is 36.5 Å². The molecule has 0 unspecified atom stereocenters. The lowest BCUT2D eigenvalue weighted by Gasteiger charge is -2.11. The number of rotatable bonds is 11. The predicted molar refractivity (Wildman–Crippen MR) is 109 cm³/mol. The Bertz CT molecular complexity index is 766. The summed E-state index contributed by atoms with van der Waals surface area (Å²) in [6, 6.07) is 6.96. The Kier molecular flexibility index (Phi) is 8.98. The molecule has 1 aliphatic rings. The van der Waals surface area contributed by atoms with Crippen molar-refractivity contribution in [2.75, 3.05) is 6.61 Å². The number of aliphatic carboxylic acids is 1. The van der Waals surface area contributed by atoms with E-state index >= 15 is 0 Å². The highest BCUT2D eigenvalue weighted by Crippen LogP contribution is 2.27. The van der Waals surface area contributed by atoms with Crippen LogP contribution in [-0.2, 0) is 9.59 Å². The van der Waals surface area contributed by atoms with Gasteiger partial charge in [-0.3, -0.25) is 9.59 Å². The van der Waals surface area contributed by atoms with Crippen LogP contribution in [-0.4, -0.2) is 34.7 Å². The van der Waals surface area contributed by atoms with Gasteiger partial charge in [-0.1, -0.05) is 48.0 Å². The van der Waals surface area contributed by atoms with E-state index in [0.717, 1.165) is 5.57 Å². The first-order valence-electron chi connectivity index (χ1n) is 9.30. The molecule has 0 radical (unpaired) electrons. The Labute approximate surface area is 170 Å². The number of carboxylic acid groups (broad SMARTS) is 1. The van der Waals surface area contributed by atoms with E-state index in [4.69, 9.17) is 21.4 Å². The first-order chi connectivity index (χ1) is 13.5. The minimum Gasteiger partial charge on any atom is -0.491 e. The highest BCUT2D eigenvalue weighted by Gasteiger charge is 2.24. The lowest BCUT2D eigenvalue weighted by Crippen LogP contribution is -2.15. The number of allylic oxidation sites excluding steroid dienone is 5. The second kappa shape index (κ2) is 11.5. The van der Waals surface area contributed by atoms with Crippen LogP contribution >= 0.6 is 11.6 Å². The van der Waals surface area contributed by atoms with E-state index < -0.39 is 12.1 Å². The van der Waals surface area contributed by atoms with Crippen molar-refractivity contribution in [3.63, 3.8) is 0 Å². The molecule has 2 atom stereocenters. The zero-order chi connectivity index (χ0) is 20.4. The van der Waals surface area contributed by atoms with Crippen molar-refractivity contribution in [1.82, 2.24) is 0 Å². The predicted octanol–water partition coefficient (Wildman–Crippen LogP) is 4.35. The van der Waals surface area contributed by atoms with Crippen LogP contribution in [0.3, 0.4) is 0 Å². The van der Waals surface area contributed by atoms with Gasteiger partial charge in [-0.05, 0) is 43.0 Å². The summed E-state index contributed by atoms with van der Waals surface area (Å²) in [6.07, 6.45) is 10.7. The number of unbranched alkanes of at least 4 members (excludes halogenated alkanes) is 1. The molecular formula is C22H25ClO5. The number of carbonyl (C=O) groups is 2. The fraction of sp³-hybridized carbons (Fsp3) is 0.364. The van der Waals surface area contributed by atoms with Crippen LogP contribution in [0, 0.1) is 5.92 Å². The maximum absolute atomic E-state index is 12.1. The van der Waals surface area contributed by atoms with Gasteiger partial charge >= 0.3 is 5.97 Å². The molecule has 0 bridgehead atoms. The Balaban J connectivity index is 1.79. The van der Waals surface area contributed by atoms with Crippen molar-refractivity contribution < 1.29 is 24.5 Å². The summed E-state index contributed by atoms with van der Waals surface area (Å²) in [6.45, 7) is 0.0895. The van der Waals surface area contributed by atoms with Crippen molar-refractivity contribution in [1.29, 1.82) is 0 Å². The topological polar surface area (TPSA) is 83.8 Å². The summed E-state index contributed by atoms with van der Waals surface area (Å²) >= 11 is 5.89. The zero-order valence-electron chi connectivity index (χ0n) is 15.6. The van der Waals surface area contributed by atoms with E-state index in [1.807, 2.05) is 18.2 Å². The quantitative estimate of drug-likeness (QED) is 0.423. The molecule has 1 aromatic carbocycles. The van der Waals surface area contributed by atoms with Crippen molar-refractivity contribution in [2.45, 2.75) is 38.2 Å². The van der Waals surface area contributed by atoms with Gasteiger partial charge in [-0.2, -0.15) is 0 Å². The molecule has 1 aliphatic carbocycles. The molecule has 28 heavy (non-hydrogen) atoms. The summed E-state index contributed by atoms with van der Waals surface area (Å²) < 4.78 is 5.51. The molecule has 0 aromatic heterocycles. The minimum absolute atomic E-state index is 0.0895. The number of hydrogen-bond donors (Lipinski definition) is 2. The van der Waals surface area contributed by atoms with E-state index in [-0.39, 0.29) is 24.7 Å². The summed E-state index contributed by atoms with van der Waals surface area (Å²) in [4.78, 5) is 22.6. The Morgan fingerprint density at radius 3 is 2.93 bits per heavy atom. The standard InChI is InChI=1S/C22H25ClO5/c23-17-6-5-7-19(14-17)28-15-18(24)12-10-16-11-13-21(25)20(16)8-3-1-2-4-9-22(26)27/h1,3,5-7,10-12,14,18,20,24H,2,4,8-9,13,15H2,(H,26,27)/b3-1?,12-10+/t18-,20-/m1/s1. The Morgan fingerprint density at radius 1 is 1.36 bits per heavy atom. The SMILES string of the molecule is O=C(O)CCCC=CC[C@H]1C(=O)CC=C1/C=C/[C@@H](O)COc1cccc(Cl)c1.